The van der Waals surface area contributed by atoms with E-state index in [0.717, 1.165) is 51.9 Å². The number of benzene rings is 8. The van der Waals surface area contributed by atoms with E-state index < -0.39 is 0 Å². The molecule has 5 nitrogen and oxygen atoms in total. The van der Waals surface area contributed by atoms with Gasteiger partial charge in [0.05, 0.1) is 27.8 Å². The molecule has 13 rings (SSSR count). The molecule has 0 saturated heterocycles. The number of fused-ring (bicyclic) bond motifs is 9. The molecule has 0 saturated carbocycles. The Kier molecular flexibility index (Phi) is 8.31. The third kappa shape index (κ3) is 5.75. The molecule has 0 aliphatic heterocycles. The zero-order valence-corrected chi connectivity index (χ0v) is 36.2. The predicted molar refractivity (Wildman–Crippen MR) is 269 cm³/mol. The average Bonchev–Trinajstić information content (AvgIpc) is 3.96. The Hall–Kier alpha value is -8.15. The van der Waals surface area contributed by atoms with Gasteiger partial charge in [-0.1, -0.05) is 172 Å². The minimum atomic E-state index is -0.239. The number of hydrogen-bond donors (Lipinski definition) is 0. The third-order valence-electron chi connectivity index (χ3n) is 13.8. The first-order chi connectivity index (χ1) is 32.0. The first-order valence-corrected chi connectivity index (χ1v) is 22.6. The second-order valence-corrected chi connectivity index (χ2v) is 17.9. The van der Waals surface area contributed by atoms with Crippen molar-refractivity contribution in [1.29, 1.82) is 0 Å². The number of aromatic nitrogens is 5. The number of hydrogen-bond acceptors (Lipinski definition) is 3. The van der Waals surface area contributed by atoms with Crippen LogP contribution < -0.4 is 0 Å². The molecule has 65 heavy (non-hydrogen) atoms. The van der Waals surface area contributed by atoms with Gasteiger partial charge in [-0.2, -0.15) is 0 Å². The van der Waals surface area contributed by atoms with E-state index in [4.69, 9.17) is 15.0 Å². The molecule has 2 aliphatic rings. The average molecular weight is 834 g/mol. The van der Waals surface area contributed by atoms with Crippen molar-refractivity contribution in [2.75, 3.05) is 0 Å². The van der Waals surface area contributed by atoms with E-state index in [-0.39, 0.29) is 5.41 Å². The molecule has 3 heterocycles. The number of para-hydroxylation sites is 3. The second-order valence-electron chi connectivity index (χ2n) is 17.9. The Bertz CT molecular complexity index is 3810. The summed E-state index contributed by atoms with van der Waals surface area (Å²) < 4.78 is 4.84. The molecule has 308 valence electrons. The Morgan fingerprint density at radius 3 is 1.82 bits per heavy atom. The molecule has 0 fully saturated rings. The summed E-state index contributed by atoms with van der Waals surface area (Å²) >= 11 is 0. The lowest BCUT2D eigenvalue weighted by Gasteiger charge is -2.24. The van der Waals surface area contributed by atoms with Crippen LogP contribution in [0.3, 0.4) is 0 Å². The standard InChI is InChI=1S/C60H43N5/c1-60(2)50-28-13-9-22-42(50)47-26-17-27-49(56(47)60)59-62-57(39-20-7-4-8-21-39)61-58(63-59)48-25-12-16-31-53(48)65-52-30-15-11-24-44(52)46-35-33-41(37-55(46)65)64-51-29-14-10-23-43(51)45-34-32-40(36-54(45)64)38-18-5-3-6-19-38/h3,5-7,9-37H,4,8H2,1-2H3. The highest BCUT2D eigenvalue weighted by molar-refractivity contribution is 6.12. The maximum absolute atomic E-state index is 5.47. The van der Waals surface area contributed by atoms with E-state index in [2.05, 4.69) is 223 Å². The minimum Gasteiger partial charge on any atom is -0.309 e. The van der Waals surface area contributed by atoms with E-state index >= 15 is 0 Å². The van der Waals surface area contributed by atoms with Gasteiger partial charge in [-0.25, -0.2) is 15.0 Å². The minimum absolute atomic E-state index is 0.239. The van der Waals surface area contributed by atoms with Gasteiger partial charge >= 0.3 is 0 Å². The van der Waals surface area contributed by atoms with Gasteiger partial charge in [0, 0.05) is 49.3 Å². The van der Waals surface area contributed by atoms with Crippen molar-refractivity contribution in [2.24, 2.45) is 0 Å². The molecule has 2 aliphatic carbocycles. The van der Waals surface area contributed by atoms with Crippen molar-refractivity contribution in [3.8, 4) is 56.4 Å². The Morgan fingerprint density at radius 1 is 0.431 bits per heavy atom. The molecule has 0 unspecified atom stereocenters. The predicted octanol–water partition coefficient (Wildman–Crippen LogP) is 15.1. The highest BCUT2D eigenvalue weighted by atomic mass is 15.1. The lowest BCUT2D eigenvalue weighted by molar-refractivity contribution is 0.661. The van der Waals surface area contributed by atoms with Crippen LogP contribution in [0.25, 0.3) is 106 Å². The van der Waals surface area contributed by atoms with Crippen LogP contribution in [-0.4, -0.2) is 24.1 Å². The van der Waals surface area contributed by atoms with Crippen LogP contribution in [0.5, 0.6) is 0 Å². The lowest BCUT2D eigenvalue weighted by atomic mass is 9.80. The fraction of sp³-hybridized carbons (Fsp3) is 0.0833. The first-order valence-electron chi connectivity index (χ1n) is 22.6. The van der Waals surface area contributed by atoms with Crippen LogP contribution in [0.2, 0.25) is 0 Å². The maximum atomic E-state index is 5.47. The number of nitrogens with zero attached hydrogens (tertiary/aromatic N) is 5. The van der Waals surface area contributed by atoms with Gasteiger partial charge < -0.3 is 9.13 Å². The van der Waals surface area contributed by atoms with Gasteiger partial charge in [0.1, 0.15) is 0 Å². The molecule has 0 bridgehead atoms. The van der Waals surface area contributed by atoms with E-state index in [0.29, 0.717) is 17.5 Å². The molecule has 11 aromatic rings. The Morgan fingerprint density at radius 2 is 1.03 bits per heavy atom. The Labute approximate surface area is 377 Å². The summed E-state index contributed by atoms with van der Waals surface area (Å²) in [6.07, 6.45) is 8.61. The summed E-state index contributed by atoms with van der Waals surface area (Å²) in [7, 11) is 0. The van der Waals surface area contributed by atoms with Crippen molar-refractivity contribution >= 4 is 49.2 Å². The van der Waals surface area contributed by atoms with E-state index in [1.165, 1.54) is 66.0 Å². The van der Waals surface area contributed by atoms with Crippen LogP contribution in [0.1, 0.15) is 43.6 Å². The van der Waals surface area contributed by atoms with E-state index in [1.54, 1.807) is 0 Å². The van der Waals surface area contributed by atoms with E-state index in [9.17, 15) is 0 Å². The summed E-state index contributed by atoms with van der Waals surface area (Å²) in [6.45, 7) is 4.65. The first kappa shape index (κ1) is 37.4. The van der Waals surface area contributed by atoms with Crippen molar-refractivity contribution in [3.63, 3.8) is 0 Å². The molecular formula is C60H43N5. The van der Waals surface area contributed by atoms with Crippen LogP contribution in [0, 0.1) is 0 Å². The highest BCUT2D eigenvalue weighted by Gasteiger charge is 2.38. The van der Waals surface area contributed by atoms with Gasteiger partial charge in [0.25, 0.3) is 0 Å². The van der Waals surface area contributed by atoms with Crippen LogP contribution in [0.15, 0.2) is 200 Å². The molecule has 0 radical (unpaired) electrons. The number of allylic oxidation sites excluding steroid dienone is 4. The summed E-state index contributed by atoms with van der Waals surface area (Å²) in [5.74, 6) is 2.01. The van der Waals surface area contributed by atoms with Gasteiger partial charge in [0.15, 0.2) is 17.5 Å². The monoisotopic (exact) mass is 833 g/mol. The number of rotatable bonds is 6. The quantitative estimate of drug-likeness (QED) is 0.168. The summed E-state index contributed by atoms with van der Waals surface area (Å²) in [5.41, 5.74) is 16.9. The van der Waals surface area contributed by atoms with Crippen molar-refractivity contribution in [1.82, 2.24) is 24.1 Å². The lowest BCUT2D eigenvalue weighted by Crippen LogP contribution is -2.17. The second kappa shape index (κ2) is 14.4. The Balaban J connectivity index is 1.04. The van der Waals surface area contributed by atoms with Gasteiger partial charge in [-0.15, -0.1) is 0 Å². The van der Waals surface area contributed by atoms with Crippen LogP contribution >= 0.6 is 0 Å². The molecule has 0 amide bonds. The summed E-state index contributed by atoms with van der Waals surface area (Å²) in [5, 5.41) is 4.83. The zero-order valence-electron chi connectivity index (χ0n) is 36.2. The molecule has 0 spiro atoms. The van der Waals surface area contributed by atoms with Gasteiger partial charge in [0.2, 0.25) is 0 Å². The maximum Gasteiger partial charge on any atom is 0.166 e. The molecule has 0 N–H and O–H groups in total. The summed E-state index contributed by atoms with van der Waals surface area (Å²) in [6, 6.07) is 65.9. The van der Waals surface area contributed by atoms with Crippen molar-refractivity contribution in [2.45, 2.75) is 32.1 Å². The largest absolute Gasteiger partial charge is 0.309 e. The molecule has 5 heteroatoms. The fourth-order valence-electron chi connectivity index (χ4n) is 10.8. The fourth-order valence-corrected chi connectivity index (χ4v) is 10.8. The highest BCUT2D eigenvalue weighted by Crippen LogP contribution is 2.52. The molecule has 8 aromatic carbocycles. The van der Waals surface area contributed by atoms with Gasteiger partial charge in [-0.3, -0.25) is 0 Å². The molecule has 3 aromatic heterocycles. The van der Waals surface area contributed by atoms with Crippen molar-refractivity contribution in [3.05, 3.63) is 217 Å². The molecular weight excluding hydrogens is 791 g/mol. The molecule has 0 atom stereocenters. The topological polar surface area (TPSA) is 48.5 Å². The van der Waals surface area contributed by atoms with E-state index in [1.807, 2.05) is 0 Å². The smallest absolute Gasteiger partial charge is 0.166 e. The summed E-state index contributed by atoms with van der Waals surface area (Å²) in [4.78, 5) is 16.1. The third-order valence-corrected chi connectivity index (χ3v) is 13.8. The normalized spacial score (nSPS) is 14.0. The van der Waals surface area contributed by atoms with Crippen LogP contribution in [-0.2, 0) is 5.41 Å². The SMILES string of the molecule is CC1(C)c2ccccc2-c2cccc(-c3nc(C4=CCCC=C4)nc(-c4ccccc4-n4c5ccccc5c5ccc(-n6c7ccccc7c7ccc(-c8ccccc8)cc76)cc54)n3)c21. The van der Waals surface area contributed by atoms with Crippen molar-refractivity contribution < 1.29 is 0 Å². The van der Waals surface area contributed by atoms with Crippen LogP contribution in [0.4, 0.5) is 0 Å². The van der Waals surface area contributed by atoms with Gasteiger partial charge in [-0.05, 0) is 88.7 Å². The zero-order chi connectivity index (χ0) is 43.2.